The van der Waals surface area contributed by atoms with Crippen molar-refractivity contribution in [3.63, 3.8) is 0 Å². The van der Waals surface area contributed by atoms with Crippen LogP contribution in [0.5, 0.6) is 5.75 Å². The maximum absolute atomic E-state index is 12.6. The quantitative estimate of drug-likeness (QED) is 0.839. The van der Waals surface area contributed by atoms with Gasteiger partial charge in [-0.3, -0.25) is 4.68 Å². The minimum absolute atomic E-state index is 0.0580. The first-order valence-corrected chi connectivity index (χ1v) is 9.75. The maximum Gasteiger partial charge on any atom is 0.387 e. The fourth-order valence-electron chi connectivity index (χ4n) is 5.15. The monoisotopic (exact) mass is 390 g/mol. The summed E-state index contributed by atoms with van der Waals surface area (Å²) in [7, 11) is 0. The predicted molar refractivity (Wildman–Crippen MR) is 99.1 cm³/mol. The molecule has 3 fully saturated rings. The number of nitrogens with two attached hydrogens (primary N) is 1. The van der Waals surface area contributed by atoms with Gasteiger partial charge in [0, 0.05) is 34.8 Å². The summed E-state index contributed by atoms with van der Waals surface area (Å²) in [6, 6.07) is 3.77. The molecule has 2 aliphatic carbocycles. The highest BCUT2D eigenvalue weighted by molar-refractivity contribution is 5.64. The van der Waals surface area contributed by atoms with E-state index in [9.17, 15) is 8.78 Å². The van der Waals surface area contributed by atoms with Gasteiger partial charge in [0.1, 0.15) is 0 Å². The Morgan fingerprint density at radius 2 is 1.96 bits per heavy atom. The number of ether oxygens (including phenoxy) is 2. The third-order valence-corrected chi connectivity index (χ3v) is 6.47. The van der Waals surface area contributed by atoms with E-state index in [2.05, 4.69) is 34.3 Å². The molecule has 2 aromatic heterocycles. The van der Waals surface area contributed by atoms with Crippen LogP contribution in [-0.4, -0.2) is 34.6 Å². The summed E-state index contributed by atoms with van der Waals surface area (Å²) in [4.78, 5) is 4.00. The number of anilines is 1. The molecule has 0 unspecified atom stereocenters. The lowest BCUT2D eigenvalue weighted by molar-refractivity contribution is -0.115. The van der Waals surface area contributed by atoms with E-state index >= 15 is 0 Å². The molecular weight excluding hydrogens is 366 g/mol. The Kier molecular flexibility index (Phi) is 3.91. The molecule has 0 bridgehead atoms. The van der Waals surface area contributed by atoms with Crippen LogP contribution < -0.4 is 10.5 Å². The zero-order valence-corrected chi connectivity index (χ0v) is 15.9. The molecule has 2 N–H and O–H groups in total. The molecule has 8 heteroatoms. The van der Waals surface area contributed by atoms with Crippen molar-refractivity contribution in [2.75, 3.05) is 18.9 Å². The second-order valence-electron chi connectivity index (χ2n) is 8.73. The van der Waals surface area contributed by atoms with Crippen molar-refractivity contribution >= 4 is 5.82 Å². The Labute approximate surface area is 162 Å². The summed E-state index contributed by atoms with van der Waals surface area (Å²) >= 11 is 0. The SMILES string of the molecule is CC(C)n1nc(-c2cnc(N)c(OC(F)F)c2)cc1[C@@H]1[C@@H]2CC3(COC3)C[C@@H]21. The van der Waals surface area contributed by atoms with Crippen molar-refractivity contribution in [2.24, 2.45) is 17.3 Å². The molecule has 0 amide bonds. The van der Waals surface area contributed by atoms with Crippen LogP contribution in [0, 0.1) is 17.3 Å². The summed E-state index contributed by atoms with van der Waals surface area (Å²) in [5, 5.41) is 4.76. The Balaban J connectivity index is 1.44. The van der Waals surface area contributed by atoms with Crippen LogP contribution in [0.15, 0.2) is 18.3 Å². The molecule has 0 aromatic carbocycles. The number of hydrogen-bond acceptors (Lipinski definition) is 5. The van der Waals surface area contributed by atoms with Crippen LogP contribution in [-0.2, 0) is 4.74 Å². The summed E-state index contributed by atoms with van der Waals surface area (Å²) in [6.07, 6.45) is 4.02. The van der Waals surface area contributed by atoms with Crippen molar-refractivity contribution in [1.82, 2.24) is 14.8 Å². The van der Waals surface area contributed by atoms with Gasteiger partial charge in [0.2, 0.25) is 0 Å². The molecule has 2 aromatic rings. The standard InChI is InChI=1S/C20H24F2N4O2/c1-10(2)26-15(17-12-5-20(6-13(12)17)8-27-9-20)4-14(25-26)11-3-16(28-19(21)22)18(23)24-7-11/h3-4,7,10,12-13,17,19H,5-6,8-9H2,1-2H3,(H2,23,24)/t12-,13+,17-. The van der Waals surface area contributed by atoms with Gasteiger partial charge in [-0.1, -0.05) is 0 Å². The van der Waals surface area contributed by atoms with E-state index in [1.807, 2.05) is 0 Å². The largest absolute Gasteiger partial charge is 0.431 e. The number of pyridine rings is 1. The van der Waals surface area contributed by atoms with Crippen molar-refractivity contribution in [3.05, 3.63) is 24.0 Å². The molecule has 28 heavy (non-hydrogen) atoms. The van der Waals surface area contributed by atoms with Crippen LogP contribution in [0.2, 0.25) is 0 Å². The highest BCUT2D eigenvalue weighted by atomic mass is 19.3. The molecule has 1 saturated heterocycles. The number of rotatable bonds is 5. The van der Waals surface area contributed by atoms with Crippen LogP contribution in [0.1, 0.15) is 44.3 Å². The van der Waals surface area contributed by atoms with E-state index in [0.29, 0.717) is 34.4 Å². The second-order valence-corrected chi connectivity index (χ2v) is 8.73. The zero-order valence-electron chi connectivity index (χ0n) is 15.9. The number of alkyl halides is 2. The van der Waals surface area contributed by atoms with Crippen LogP contribution in [0.25, 0.3) is 11.3 Å². The maximum atomic E-state index is 12.6. The third-order valence-electron chi connectivity index (χ3n) is 6.47. The van der Waals surface area contributed by atoms with Crippen molar-refractivity contribution < 1.29 is 18.3 Å². The van der Waals surface area contributed by atoms with E-state index < -0.39 is 6.61 Å². The normalized spacial score (nSPS) is 27.3. The molecule has 3 atom stereocenters. The Bertz CT molecular complexity index is 896. The number of aromatic nitrogens is 3. The number of fused-ring (bicyclic) bond motifs is 1. The Hall–Kier alpha value is -2.22. The topological polar surface area (TPSA) is 75.2 Å². The van der Waals surface area contributed by atoms with Crippen LogP contribution in [0.4, 0.5) is 14.6 Å². The summed E-state index contributed by atoms with van der Waals surface area (Å²) in [5.41, 5.74) is 8.65. The van der Waals surface area contributed by atoms with E-state index in [1.54, 1.807) is 6.20 Å². The molecule has 1 aliphatic heterocycles. The van der Waals surface area contributed by atoms with Gasteiger partial charge in [0.25, 0.3) is 0 Å². The molecule has 0 radical (unpaired) electrons. The first-order valence-electron chi connectivity index (χ1n) is 9.75. The molecule has 6 nitrogen and oxygen atoms in total. The molecule has 2 saturated carbocycles. The zero-order chi connectivity index (χ0) is 19.6. The van der Waals surface area contributed by atoms with E-state index in [1.165, 1.54) is 24.6 Å². The highest BCUT2D eigenvalue weighted by Crippen LogP contribution is 2.70. The van der Waals surface area contributed by atoms with Gasteiger partial charge >= 0.3 is 6.61 Å². The van der Waals surface area contributed by atoms with Gasteiger partial charge in [-0.2, -0.15) is 13.9 Å². The number of nitrogen functional groups attached to an aromatic ring is 1. The first kappa shape index (κ1) is 17.8. The molecule has 3 heterocycles. The first-order chi connectivity index (χ1) is 13.4. The number of nitrogens with zero attached hydrogens (tertiary/aromatic N) is 3. The molecular formula is C20H24F2N4O2. The van der Waals surface area contributed by atoms with Gasteiger partial charge in [-0.05, 0) is 50.7 Å². The van der Waals surface area contributed by atoms with E-state index in [-0.39, 0.29) is 17.6 Å². The minimum atomic E-state index is -2.95. The summed E-state index contributed by atoms with van der Waals surface area (Å²) in [6.45, 7) is 3.08. The molecule has 150 valence electrons. The number of halogens is 2. The van der Waals surface area contributed by atoms with Crippen LogP contribution >= 0.6 is 0 Å². The van der Waals surface area contributed by atoms with Gasteiger partial charge in [-0.25, -0.2) is 4.98 Å². The predicted octanol–water partition coefficient (Wildman–Crippen LogP) is 3.85. The fourth-order valence-corrected chi connectivity index (χ4v) is 5.15. The van der Waals surface area contributed by atoms with Crippen molar-refractivity contribution in [3.8, 4) is 17.0 Å². The smallest absolute Gasteiger partial charge is 0.387 e. The highest BCUT2D eigenvalue weighted by Gasteiger charge is 2.64. The molecule has 5 rings (SSSR count). The average Bonchev–Trinajstić information content (AvgIpc) is 2.99. The van der Waals surface area contributed by atoms with E-state index in [4.69, 9.17) is 15.6 Å². The molecule has 3 aliphatic rings. The second kappa shape index (κ2) is 6.14. The minimum Gasteiger partial charge on any atom is -0.431 e. The van der Waals surface area contributed by atoms with Crippen molar-refractivity contribution in [2.45, 2.75) is 45.3 Å². The average molecular weight is 390 g/mol. The van der Waals surface area contributed by atoms with Crippen molar-refractivity contribution in [1.29, 1.82) is 0 Å². The summed E-state index contributed by atoms with van der Waals surface area (Å²) in [5.74, 6) is 1.75. The van der Waals surface area contributed by atoms with Gasteiger partial charge in [0.15, 0.2) is 11.6 Å². The lowest BCUT2D eigenvalue weighted by Crippen LogP contribution is -2.41. The fraction of sp³-hybridized carbons (Fsp3) is 0.600. The molecule has 1 spiro atoms. The Morgan fingerprint density at radius 1 is 1.25 bits per heavy atom. The van der Waals surface area contributed by atoms with Gasteiger partial charge < -0.3 is 15.2 Å². The third kappa shape index (κ3) is 2.77. The lowest BCUT2D eigenvalue weighted by Gasteiger charge is -2.40. The summed E-state index contributed by atoms with van der Waals surface area (Å²) < 4.78 is 37.2. The van der Waals surface area contributed by atoms with Crippen LogP contribution in [0.3, 0.4) is 0 Å². The lowest BCUT2D eigenvalue weighted by atomic mass is 9.79. The van der Waals surface area contributed by atoms with E-state index in [0.717, 1.165) is 13.2 Å². The van der Waals surface area contributed by atoms with Gasteiger partial charge in [-0.15, -0.1) is 0 Å². The Morgan fingerprint density at radius 3 is 2.54 bits per heavy atom. The van der Waals surface area contributed by atoms with Gasteiger partial charge in [0.05, 0.1) is 18.9 Å². The number of hydrogen-bond donors (Lipinski definition) is 1.